The molecule has 0 aliphatic carbocycles. The summed E-state index contributed by atoms with van der Waals surface area (Å²) in [5, 5.41) is 12.0. The van der Waals surface area contributed by atoms with Crippen LogP contribution in [-0.2, 0) is 4.79 Å². The van der Waals surface area contributed by atoms with Crippen molar-refractivity contribution in [3.05, 3.63) is 64.2 Å². The Morgan fingerprint density at radius 2 is 1.96 bits per heavy atom. The zero-order valence-corrected chi connectivity index (χ0v) is 16.9. The summed E-state index contributed by atoms with van der Waals surface area (Å²) >= 11 is 7.37. The van der Waals surface area contributed by atoms with Crippen LogP contribution < -0.4 is 5.32 Å². The molecule has 1 atom stereocenters. The number of thioether (sulfide) groups is 1. The number of rotatable bonds is 6. The van der Waals surface area contributed by atoms with Gasteiger partial charge in [-0.05, 0) is 55.7 Å². The number of halogens is 1. The molecule has 0 aliphatic rings. The fraction of sp³-hybridized carbons (Fsp3) is 0.250. The maximum atomic E-state index is 12.2. The van der Waals surface area contributed by atoms with Gasteiger partial charge in [0, 0.05) is 10.6 Å². The van der Waals surface area contributed by atoms with Crippen molar-refractivity contribution >= 4 is 29.3 Å². The summed E-state index contributed by atoms with van der Waals surface area (Å²) in [6.07, 6.45) is 0. The zero-order chi connectivity index (χ0) is 19.4. The first-order valence-corrected chi connectivity index (χ1v) is 9.88. The Morgan fingerprint density at radius 1 is 1.19 bits per heavy atom. The summed E-state index contributed by atoms with van der Waals surface area (Å²) < 4.78 is 5.66. The van der Waals surface area contributed by atoms with Gasteiger partial charge in [0.1, 0.15) is 0 Å². The fourth-order valence-corrected chi connectivity index (χ4v) is 3.45. The number of hydrogen-bond donors (Lipinski definition) is 1. The minimum Gasteiger partial charge on any atom is -0.411 e. The minimum absolute atomic E-state index is 0.127. The van der Waals surface area contributed by atoms with Gasteiger partial charge in [-0.2, -0.15) is 0 Å². The third-order valence-electron chi connectivity index (χ3n) is 4.24. The van der Waals surface area contributed by atoms with Crippen molar-refractivity contribution in [1.29, 1.82) is 0 Å². The summed E-state index contributed by atoms with van der Waals surface area (Å²) in [7, 11) is 0. The average Bonchev–Trinajstić information content (AvgIpc) is 3.11. The summed E-state index contributed by atoms with van der Waals surface area (Å²) in [4.78, 5) is 12.2. The lowest BCUT2D eigenvalue weighted by Gasteiger charge is -2.15. The largest absolute Gasteiger partial charge is 0.411 e. The van der Waals surface area contributed by atoms with Gasteiger partial charge >= 0.3 is 0 Å². The number of hydrogen-bond acceptors (Lipinski definition) is 5. The van der Waals surface area contributed by atoms with Gasteiger partial charge in [-0.3, -0.25) is 4.79 Å². The monoisotopic (exact) mass is 401 g/mol. The number of carbonyl (C=O) groups is 1. The Bertz CT molecular complexity index is 958. The molecule has 0 spiro atoms. The lowest BCUT2D eigenvalue weighted by atomic mass is 10.1. The van der Waals surface area contributed by atoms with Crippen LogP contribution in [0.4, 0.5) is 0 Å². The quantitative estimate of drug-likeness (QED) is 0.590. The van der Waals surface area contributed by atoms with Crippen LogP contribution in [0.3, 0.4) is 0 Å². The molecule has 2 aromatic carbocycles. The van der Waals surface area contributed by atoms with Crippen molar-refractivity contribution in [2.24, 2.45) is 0 Å². The third kappa shape index (κ3) is 4.90. The molecule has 0 aliphatic heterocycles. The van der Waals surface area contributed by atoms with Crippen LogP contribution >= 0.6 is 23.4 Å². The van der Waals surface area contributed by atoms with E-state index >= 15 is 0 Å². The first kappa shape index (κ1) is 19.5. The van der Waals surface area contributed by atoms with Crippen LogP contribution in [-0.4, -0.2) is 21.9 Å². The second-order valence-electron chi connectivity index (χ2n) is 6.27. The van der Waals surface area contributed by atoms with Crippen LogP contribution in [0.1, 0.15) is 29.7 Å². The summed E-state index contributed by atoms with van der Waals surface area (Å²) in [5.41, 5.74) is 4.12. The van der Waals surface area contributed by atoms with Crippen molar-refractivity contribution in [3.63, 3.8) is 0 Å². The molecule has 0 bridgehead atoms. The molecule has 1 aromatic heterocycles. The summed E-state index contributed by atoms with van der Waals surface area (Å²) in [5.74, 6) is 0.507. The summed E-state index contributed by atoms with van der Waals surface area (Å²) in [6.45, 7) is 5.99. The molecule has 1 N–H and O–H groups in total. The molecular formula is C20H20ClN3O2S. The molecule has 0 radical (unpaired) electrons. The molecule has 0 saturated heterocycles. The van der Waals surface area contributed by atoms with E-state index in [9.17, 15) is 4.79 Å². The maximum absolute atomic E-state index is 12.2. The van der Waals surface area contributed by atoms with Gasteiger partial charge in [-0.15, -0.1) is 10.2 Å². The molecule has 140 valence electrons. The number of aromatic nitrogens is 2. The Morgan fingerprint density at radius 3 is 2.70 bits per heavy atom. The first-order chi connectivity index (χ1) is 12.9. The van der Waals surface area contributed by atoms with Crippen molar-refractivity contribution < 1.29 is 9.21 Å². The van der Waals surface area contributed by atoms with Crippen molar-refractivity contribution in [3.8, 4) is 11.5 Å². The number of aryl methyl sites for hydroxylation is 2. The molecule has 3 rings (SSSR count). The van der Waals surface area contributed by atoms with E-state index in [1.54, 1.807) is 6.07 Å². The molecule has 0 unspecified atom stereocenters. The molecule has 5 nitrogen and oxygen atoms in total. The van der Waals surface area contributed by atoms with Gasteiger partial charge in [-0.1, -0.05) is 47.6 Å². The van der Waals surface area contributed by atoms with E-state index in [0.29, 0.717) is 16.1 Å². The molecular weight excluding hydrogens is 382 g/mol. The smallest absolute Gasteiger partial charge is 0.277 e. The highest BCUT2D eigenvalue weighted by Crippen LogP contribution is 2.25. The Kier molecular flexibility index (Phi) is 6.19. The summed E-state index contributed by atoms with van der Waals surface area (Å²) in [6, 6.07) is 13.3. The van der Waals surface area contributed by atoms with Crippen LogP contribution in [0.5, 0.6) is 0 Å². The number of carbonyl (C=O) groups excluding carboxylic acids is 1. The standard InChI is InChI=1S/C20H20ClN3O2S/c1-12-8-9-15(10-13(12)2)19-23-24-20(26-19)27-11-18(25)22-14(3)16-6-4-5-7-17(16)21/h4-10,14H,11H2,1-3H3,(H,22,25)/t14-/m0/s1. The lowest BCUT2D eigenvalue weighted by molar-refractivity contribution is -0.119. The van der Waals surface area contributed by atoms with Crippen molar-refractivity contribution in [2.45, 2.75) is 32.0 Å². The average molecular weight is 402 g/mol. The van der Waals surface area contributed by atoms with E-state index in [2.05, 4.69) is 22.4 Å². The van der Waals surface area contributed by atoms with Crippen LogP contribution in [0.2, 0.25) is 5.02 Å². The predicted molar refractivity (Wildman–Crippen MR) is 108 cm³/mol. The van der Waals surface area contributed by atoms with E-state index in [-0.39, 0.29) is 17.7 Å². The fourth-order valence-electron chi connectivity index (χ4n) is 2.57. The second-order valence-corrected chi connectivity index (χ2v) is 7.61. The van der Waals surface area contributed by atoms with Gasteiger partial charge < -0.3 is 9.73 Å². The first-order valence-electron chi connectivity index (χ1n) is 8.52. The molecule has 1 heterocycles. The number of nitrogens with one attached hydrogen (secondary N) is 1. The normalized spacial score (nSPS) is 12.0. The van der Waals surface area contributed by atoms with E-state index in [0.717, 1.165) is 16.7 Å². The molecule has 0 saturated carbocycles. The molecule has 0 fully saturated rings. The molecule has 1 amide bonds. The topological polar surface area (TPSA) is 68.0 Å². The van der Waals surface area contributed by atoms with E-state index < -0.39 is 0 Å². The van der Waals surface area contributed by atoms with Gasteiger partial charge in [0.2, 0.25) is 11.8 Å². The van der Waals surface area contributed by atoms with Gasteiger partial charge in [0.15, 0.2) is 0 Å². The lowest BCUT2D eigenvalue weighted by Crippen LogP contribution is -2.28. The SMILES string of the molecule is Cc1ccc(-c2nnc(SCC(=O)N[C@@H](C)c3ccccc3Cl)o2)cc1C. The van der Waals surface area contributed by atoms with E-state index in [1.165, 1.54) is 17.3 Å². The van der Waals surface area contributed by atoms with Crippen LogP contribution in [0.15, 0.2) is 52.1 Å². The molecule has 7 heteroatoms. The highest BCUT2D eigenvalue weighted by Gasteiger charge is 2.15. The number of amides is 1. The Labute approximate surface area is 167 Å². The second kappa shape index (κ2) is 8.59. The number of benzene rings is 2. The van der Waals surface area contributed by atoms with Gasteiger partial charge in [0.25, 0.3) is 5.22 Å². The predicted octanol–water partition coefficient (Wildman–Crippen LogP) is 4.98. The third-order valence-corrected chi connectivity index (χ3v) is 5.40. The van der Waals surface area contributed by atoms with Gasteiger partial charge in [0.05, 0.1) is 11.8 Å². The highest BCUT2D eigenvalue weighted by molar-refractivity contribution is 7.99. The zero-order valence-electron chi connectivity index (χ0n) is 15.3. The van der Waals surface area contributed by atoms with E-state index in [1.807, 2.05) is 50.2 Å². The maximum Gasteiger partial charge on any atom is 0.277 e. The Hall–Kier alpha value is -2.31. The van der Waals surface area contributed by atoms with Gasteiger partial charge in [-0.25, -0.2) is 0 Å². The minimum atomic E-state index is -0.180. The molecule has 27 heavy (non-hydrogen) atoms. The van der Waals surface area contributed by atoms with Crippen molar-refractivity contribution in [2.75, 3.05) is 5.75 Å². The molecule has 3 aromatic rings. The van der Waals surface area contributed by atoms with Crippen molar-refractivity contribution in [1.82, 2.24) is 15.5 Å². The van der Waals surface area contributed by atoms with Crippen LogP contribution in [0.25, 0.3) is 11.5 Å². The highest BCUT2D eigenvalue weighted by atomic mass is 35.5. The van der Waals surface area contributed by atoms with E-state index in [4.69, 9.17) is 16.0 Å². The Balaban J connectivity index is 1.57. The van der Waals surface area contributed by atoms with Crippen LogP contribution in [0, 0.1) is 13.8 Å². The number of nitrogens with zero attached hydrogens (tertiary/aromatic N) is 2.